The fraction of sp³-hybridized carbons (Fsp3) is 0.222. The standard InChI is InChI=1S/C9H11N3O/c1-5-2-7-8(3-6(5)4-10)13-12-9(7)11/h2-3H,4,10H2,1H3,(H2,11,12). The lowest BCUT2D eigenvalue weighted by Gasteiger charge is -2.00. The zero-order valence-corrected chi connectivity index (χ0v) is 7.37. The second-order valence-corrected chi connectivity index (χ2v) is 3.05. The van der Waals surface area contributed by atoms with E-state index < -0.39 is 0 Å². The number of anilines is 1. The first-order chi connectivity index (χ1) is 6.22. The van der Waals surface area contributed by atoms with E-state index in [1.165, 1.54) is 0 Å². The van der Waals surface area contributed by atoms with E-state index >= 15 is 0 Å². The molecule has 1 heterocycles. The van der Waals surface area contributed by atoms with Crippen molar-refractivity contribution >= 4 is 16.8 Å². The minimum Gasteiger partial charge on any atom is -0.380 e. The van der Waals surface area contributed by atoms with Gasteiger partial charge in [0.1, 0.15) is 0 Å². The summed E-state index contributed by atoms with van der Waals surface area (Å²) in [4.78, 5) is 0. The van der Waals surface area contributed by atoms with Crippen molar-refractivity contribution in [3.05, 3.63) is 23.3 Å². The molecule has 0 saturated heterocycles. The second kappa shape index (κ2) is 2.74. The summed E-state index contributed by atoms with van der Waals surface area (Å²) in [6.45, 7) is 2.50. The highest BCUT2D eigenvalue weighted by Crippen LogP contribution is 2.23. The first kappa shape index (κ1) is 8.07. The van der Waals surface area contributed by atoms with E-state index in [9.17, 15) is 0 Å². The van der Waals surface area contributed by atoms with Gasteiger partial charge in [-0.05, 0) is 30.2 Å². The SMILES string of the molecule is Cc1cc2c(N)noc2cc1CN. The predicted octanol–water partition coefficient (Wildman–Crippen LogP) is 1.18. The number of nitrogen functional groups attached to an aromatic ring is 1. The maximum absolute atomic E-state index is 5.60. The predicted molar refractivity (Wildman–Crippen MR) is 51.0 cm³/mol. The summed E-state index contributed by atoms with van der Waals surface area (Å²) in [6, 6.07) is 3.83. The second-order valence-electron chi connectivity index (χ2n) is 3.05. The molecule has 68 valence electrons. The molecular weight excluding hydrogens is 166 g/mol. The third-order valence-corrected chi connectivity index (χ3v) is 2.18. The number of nitrogens with zero attached hydrogens (tertiary/aromatic N) is 1. The molecule has 0 unspecified atom stereocenters. The van der Waals surface area contributed by atoms with E-state index in [2.05, 4.69) is 5.16 Å². The van der Waals surface area contributed by atoms with Crippen LogP contribution >= 0.6 is 0 Å². The smallest absolute Gasteiger partial charge is 0.174 e. The molecule has 0 aliphatic heterocycles. The van der Waals surface area contributed by atoms with E-state index in [0.29, 0.717) is 17.9 Å². The molecule has 4 nitrogen and oxygen atoms in total. The molecule has 0 bridgehead atoms. The van der Waals surface area contributed by atoms with Crippen molar-refractivity contribution in [2.45, 2.75) is 13.5 Å². The molecule has 4 heteroatoms. The Balaban J connectivity index is 2.76. The molecule has 2 aromatic rings. The number of benzene rings is 1. The van der Waals surface area contributed by atoms with E-state index in [0.717, 1.165) is 16.5 Å². The quantitative estimate of drug-likeness (QED) is 0.685. The number of hydrogen-bond acceptors (Lipinski definition) is 4. The molecular formula is C9H11N3O. The van der Waals surface area contributed by atoms with Crippen LogP contribution in [-0.4, -0.2) is 5.16 Å². The molecule has 0 aliphatic carbocycles. The lowest BCUT2D eigenvalue weighted by molar-refractivity contribution is 0.460. The topological polar surface area (TPSA) is 78.1 Å². The number of fused-ring (bicyclic) bond motifs is 1. The van der Waals surface area contributed by atoms with Crippen LogP contribution in [0.2, 0.25) is 0 Å². The van der Waals surface area contributed by atoms with Crippen molar-refractivity contribution in [3.63, 3.8) is 0 Å². The van der Waals surface area contributed by atoms with Gasteiger partial charge in [-0.25, -0.2) is 0 Å². The van der Waals surface area contributed by atoms with Gasteiger partial charge < -0.3 is 16.0 Å². The maximum atomic E-state index is 5.60. The number of aryl methyl sites for hydroxylation is 1. The Labute approximate surface area is 75.5 Å². The number of rotatable bonds is 1. The van der Waals surface area contributed by atoms with Crippen LogP contribution in [0.4, 0.5) is 5.82 Å². The van der Waals surface area contributed by atoms with Crippen molar-refractivity contribution in [1.29, 1.82) is 0 Å². The van der Waals surface area contributed by atoms with Crippen LogP contribution in [0.25, 0.3) is 11.0 Å². The van der Waals surface area contributed by atoms with Crippen LogP contribution in [0.15, 0.2) is 16.7 Å². The maximum Gasteiger partial charge on any atom is 0.174 e. The van der Waals surface area contributed by atoms with Gasteiger partial charge in [-0.2, -0.15) is 0 Å². The molecule has 0 fully saturated rings. The average molecular weight is 177 g/mol. The molecule has 0 amide bonds. The molecule has 4 N–H and O–H groups in total. The van der Waals surface area contributed by atoms with Crippen molar-refractivity contribution in [2.75, 3.05) is 5.73 Å². The lowest BCUT2D eigenvalue weighted by atomic mass is 10.1. The van der Waals surface area contributed by atoms with Gasteiger partial charge in [0.25, 0.3) is 0 Å². The molecule has 0 saturated carbocycles. The molecule has 13 heavy (non-hydrogen) atoms. The van der Waals surface area contributed by atoms with Crippen LogP contribution in [0, 0.1) is 6.92 Å². The van der Waals surface area contributed by atoms with Crippen LogP contribution in [0.1, 0.15) is 11.1 Å². The van der Waals surface area contributed by atoms with Gasteiger partial charge in [0.2, 0.25) is 0 Å². The van der Waals surface area contributed by atoms with Gasteiger partial charge in [0, 0.05) is 6.54 Å². The largest absolute Gasteiger partial charge is 0.380 e. The van der Waals surface area contributed by atoms with Crippen LogP contribution < -0.4 is 11.5 Å². The minimum atomic E-state index is 0.432. The van der Waals surface area contributed by atoms with Crippen molar-refractivity contribution in [2.24, 2.45) is 5.73 Å². The number of aromatic nitrogens is 1. The highest BCUT2D eigenvalue weighted by atomic mass is 16.5. The zero-order valence-electron chi connectivity index (χ0n) is 7.37. The Morgan fingerprint density at radius 3 is 2.92 bits per heavy atom. The Morgan fingerprint density at radius 2 is 2.23 bits per heavy atom. The molecule has 1 aromatic heterocycles. The zero-order chi connectivity index (χ0) is 9.42. The summed E-state index contributed by atoms with van der Waals surface area (Å²) in [5.74, 6) is 0.432. The summed E-state index contributed by atoms with van der Waals surface area (Å²) in [5.41, 5.74) is 14.0. The van der Waals surface area contributed by atoms with Crippen molar-refractivity contribution in [3.8, 4) is 0 Å². The average Bonchev–Trinajstić information content (AvgIpc) is 2.47. The fourth-order valence-electron chi connectivity index (χ4n) is 1.37. The normalized spacial score (nSPS) is 10.9. The van der Waals surface area contributed by atoms with Crippen LogP contribution in [0.5, 0.6) is 0 Å². The number of nitrogens with two attached hydrogens (primary N) is 2. The van der Waals surface area contributed by atoms with Crippen molar-refractivity contribution < 1.29 is 4.52 Å². The van der Waals surface area contributed by atoms with Gasteiger partial charge in [-0.3, -0.25) is 0 Å². The fourth-order valence-corrected chi connectivity index (χ4v) is 1.37. The Kier molecular flexibility index (Phi) is 1.70. The summed E-state index contributed by atoms with van der Waals surface area (Å²) >= 11 is 0. The van der Waals surface area contributed by atoms with E-state index in [1.807, 2.05) is 19.1 Å². The van der Waals surface area contributed by atoms with Gasteiger partial charge in [0.05, 0.1) is 5.39 Å². The number of hydrogen-bond donors (Lipinski definition) is 2. The highest BCUT2D eigenvalue weighted by molar-refractivity contribution is 5.88. The molecule has 0 radical (unpaired) electrons. The van der Waals surface area contributed by atoms with Gasteiger partial charge in [-0.1, -0.05) is 5.16 Å². The summed E-state index contributed by atoms with van der Waals surface area (Å²) < 4.78 is 5.02. The Bertz CT molecular complexity index is 447. The van der Waals surface area contributed by atoms with Gasteiger partial charge >= 0.3 is 0 Å². The first-order valence-electron chi connectivity index (χ1n) is 4.07. The highest BCUT2D eigenvalue weighted by Gasteiger charge is 2.07. The third kappa shape index (κ3) is 1.15. The Hall–Kier alpha value is -1.55. The summed E-state index contributed by atoms with van der Waals surface area (Å²) in [5, 5.41) is 4.53. The van der Waals surface area contributed by atoms with Crippen LogP contribution in [-0.2, 0) is 6.54 Å². The van der Waals surface area contributed by atoms with Crippen molar-refractivity contribution in [1.82, 2.24) is 5.16 Å². The summed E-state index contributed by atoms with van der Waals surface area (Å²) in [6.07, 6.45) is 0. The van der Waals surface area contributed by atoms with E-state index in [-0.39, 0.29) is 0 Å². The monoisotopic (exact) mass is 177 g/mol. The molecule has 0 spiro atoms. The van der Waals surface area contributed by atoms with Gasteiger partial charge in [-0.15, -0.1) is 0 Å². The summed E-state index contributed by atoms with van der Waals surface area (Å²) in [7, 11) is 0. The van der Waals surface area contributed by atoms with E-state index in [4.69, 9.17) is 16.0 Å². The lowest BCUT2D eigenvalue weighted by Crippen LogP contribution is -1.98. The minimum absolute atomic E-state index is 0.432. The molecule has 2 rings (SSSR count). The van der Waals surface area contributed by atoms with Crippen LogP contribution in [0.3, 0.4) is 0 Å². The third-order valence-electron chi connectivity index (χ3n) is 2.18. The molecule has 0 aliphatic rings. The molecule has 0 atom stereocenters. The van der Waals surface area contributed by atoms with E-state index in [1.54, 1.807) is 0 Å². The van der Waals surface area contributed by atoms with Gasteiger partial charge in [0.15, 0.2) is 11.4 Å². The first-order valence-corrected chi connectivity index (χ1v) is 4.07. The Morgan fingerprint density at radius 1 is 1.46 bits per heavy atom. The molecule has 1 aromatic carbocycles.